The molecule has 4 heteroatoms. The van der Waals surface area contributed by atoms with Gasteiger partial charge in [-0.25, -0.2) is 0 Å². The smallest absolute Gasteiger partial charge is 0.270 e. The summed E-state index contributed by atoms with van der Waals surface area (Å²) in [6, 6.07) is 5.06. The monoisotopic (exact) mass is 192 g/mol. The van der Waals surface area contributed by atoms with Crippen molar-refractivity contribution in [1.82, 2.24) is 10.3 Å². The molecule has 0 aromatic carbocycles. The number of aromatic nitrogens is 1. The molecular formula is C10H12N2O2. The van der Waals surface area contributed by atoms with E-state index in [1.54, 1.807) is 25.1 Å². The van der Waals surface area contributed by atoms with Crippen LogP contribution in [0.1, 0.15) is 23.8 Å². The number of pyridine rings is 1. The minimum absolute atomic E-state index is 0.00859. The van der Waals surface area contributed by atoms with Crippen molar-refractivity contribution >= 4 is 11.7 Å². The van der Waals surface area contributed by atoms with Gasteiger partial charge in [0, 0.05) is 12.6 Å². The van der Waals surface area contributed by atoms with E-state index in [9.17, 15) is 9.59 Å². The second-order valence-corrected chi connectivity index (χ2v) is 2.79. The van der Waals surface area contributed by atoms with Crippen LogP contribution in [0.25, 0.3) is 0 Å². The predicted octanol–water partition coefficient (Wildman–Crippen LogP) is 0.790. The van der Waals surface area contributed by atoms with E-state index in [-0.39, 0.29) is 18.2 Å². The highest BCUT2D eigenvalue weighted by Crippen LogP contribution is 1.92. The molecule has 0 aliphatic rings. The Morgan fingerprint density at radius 2 is 2.21 bits per heavy atom. The summed E-state index contributed by atoms with van der Waals surface area (Å²) in [5.41, 5.74) is 0.330. The van der Waals surface area contributed by atoms with Gasteiger partial charge >= 0.3 is 0 Å². The zero-order valence-corrected chi connectivity index (χ0v) is 7.99. The maximum atomic E-state index is 11.3. The van der Waals surface area contributed by atoms with Gasteiger partial charge in [-0.15, -0.1) is 0 Å². The third-order valence-electron chi connectivity index (χ3n) is 1.74. The van der Waals surface area contributed by atoms with Crippen molar-refractivity contribution in [3.05, 3.63) is 30.1 Å². The van der Waals surface area contributed by atoms with Gasteiger partial charge in [0.25, 0.3) is 5.91 Å². The molecule has 0 fully saturated rings. The molecule has 74 valence electrons. The summed E-state index contributed by atoms with van der Waals surface area (Å²) < 4.78 is 0. The molecule has 0 atom stereocenters. The Morgan fingerprint density at radius 1 is 1.43 bits per heavy atom. The maximum absolute atomic E-state index is 11.3. The predicted molar refractivity (Wildman–Crippen MR) is 51.9 cm³/mol. The molecule has 14 heavy (non-hydrogen) atoms. The standard InChI is InChI=1S/C10H12N2O2/c1-2-8(13)7-12-10(14)9-5-3-4-6-11-9/h3-6H,2,7H2,1H3,(H,12,14). The van der Waals surface area contributed by atoms with Gasteiger partial charge in [-0.2, -0.15) is 0 Å². The molecule has 0 aliphatic carbocycles. The Balaban J connectivity index is 2.48. The van der Waals surface area contributed by atoms with E-state index < -0.39 is 0 Å². The molecular weight excluding hydrogens is 180 g/mol. The van der Waals surface area contributed by atoms with Gasteiger partial charge < -0.3 is 5.32 Å². The quantitative estimate of drug-likeness (QED) is 0.767. The van der Waals surface area contributed by atoms with Gasteiger partial charge in [-0.1, -0.05) is 13.0 Å². The van der Waals surface area contributed by atoms with Crippen LogP contribution < -0.4 is 5.32 Å². The van der Waals surface area contributed by atoms with E-state index in [1.807, 2.05) is 0 Å². The summed E-state index contributed by atoms with van der Waals surface area (Å²) in [5.74, 6) is -0.304. The number of carbonyl (C=O) groups excluding carboxylic acids is 2. The number of nitrogens with zero attached hydrogens (tertiary/aromatic N) is 1. The number of amides is 1. The second kappa shape index (κ2) is 5.11. The van der Waals surface area contributed by atoms with Gasteiger partial charge in [-0.05, 0) is 12.1 Å². The lowest BCUT2D eigenvalue weighted by molar-refractivity contribution is -0.117. The van der Waals surface area contributed by atoms with Crippen LogP contribution in [-0.4, -0.2) is 23.2 Å². The average Bonchev–Trinajstić information content (AvgIpc) is 2.26. The van der Waals surface area contributed by atoms with Crippen LogP contribution in [0.15, 0.2) is 24.4 Å². The van der Waals surface area contributed by atoms with Crippen molar-refractivity contribution in [1.29, 1.82) is 0 Å². The first-order valence-electron chi connectivity index (χ1n) is 4.45. The number of ketones is 1. The number of hydrogen-bond donors (Lipinski definition) is 1. The molecule has 0 spiro atoms. The third-order valence-corrected chi connectivity index (χ3v) is 1.74. The highest BCUT2D eigenvalue weighted by atomic mass is 16.2. The number of hydrogen-bond acceptors (Lipinski definition) is 3. The zero-order chi connectivity index (χ0) is 10.4. The fourth-order valence-corrected chi connectivity index (χ4v) is 0.891. The largest absolute Gasteiger partial charge is 0.344 e. The maximum Gasteiger partial charge on any atom is 0.270 e. The van der Waals surface area contributed by atoms with Crippen LogP contribution in [-0.2, 0) is 4.79 Å². The minimum Gasteiger partial charge on any atom is -0.344 e. The first-order valence-corrected chi connectivity index (χ1v) is 4.45. The molecule has 1 N–H and O–H groups in total. The van der Waals surface area contributed by atoms with Gasteiger partial charge in [0.05, 0.1) is 6.54 Å². The Kier molecular flexibility index (Phi) is 3.79. The first kappa shape index (κ1) is 10.4. The van der Waals surface area contributed by atoms with Crippen LogP contribution in [0.4, 0.5) is 0 Å². The second-order valence-electron chi connectivity index (χ2n) is 2.79. The molecule has 1 aromatic rings. The molecule has 1 heterocycles. The van der Waals surface area contributed by atoms with Crippen LogP contribution in [0, 0.1) is 0 Å². The van der Waals surface area contributed by atoms with Crippen LogP contribution in [0.3, 0.4) is 0 Å². The SMILES string of the molecule is CCC(=O)CNC(=O)c1ccccn1. The van der Waals surface area contributed by atoms with E-state index >= 15 is 0 Å². The zero-order valence-electron chi connectivity index (χ0n) is 7.99. The number of rotatable bonds is 4. The summed E-state index contributed by atoms with van der Waals surface area (Å²) in [7, 11) is 0. The van der Waals surface area contributed by atoms with Gasteiger partial charge in [0.15, 0.2) is 5.78 Å². The fraction of sp³-hybridized carbons (Fsp3) is 0.300. The lowest BCUT2D eigenvalue weighted by Gasteiger charge is -2.01. The van der Waals surface area contributed by atoms with Crippen molar-refractivity contribution in [3.8, 4) is 0 Å². The molecule has 1 amide bonds. The molecule has 1 aromatic heterocycles. The van der Waals surface area contributed by atoms with Crippen LogP contribution in [0.2, 0.25) is 0 Å². The average molecular weight is 192 g/mol. The fourth-order valence-electron chi connectivity index (χ4n) is 0.891. The lowest BCUT2D eigenvalue weighted by Crippen LogP contribution is -2.29. The number of nitrogens with one attached hydrogen (secondary N) is 1. The molecule has 0 saturated carbocycles. The minimum atomic E-state index is -0.313. The van der Waals surface area contributed by atoms with Crippen molar-refractivity contribution in [2.24, 2.45) is 0 Å². The van der Waals surface area contributed by atoms with Gasteiger partial charge in [0.2, 0.25) is 0 Å². The van der Waals surface area contributed by atoms with Crippen molar-refractivity contribution in [3.63, 3.8) is 0 Å². The van der Waals surface area contributed by atoms with Gasteiger partial charge in [-0.3, -0.25) is 14.6 Å². The summed E-state index contributed by atoms with van der Waals surface area (Å²) in [4.78, 5) is 26.1. The molecule has 1 rings (SSSR count). The summed E-state index contributed by atoms with van der Waals surface area (Å²) in [5, 5.41) is 2.50. The molecule has 4 nitrogen and oxygen atoms in total. The van der Waals surface area contributed by atoms with Crippen molar-refractivity contribution in [2.75, 3.05) is 6.54 Å². The third kappa shape index (κ3) is 2.97. The lowest BCUT2D eigenvalue weighted by atomic mass is 10.3. The van der Waals surface area contributed by atoms with Crippen molar-refractivity contribution < 1.29 is 9.59 Å². The number of Topliss-reactive ketones (excluding diaryl/α,β-unsaturated/α-hetero) is 1. The normalized spacial score (nSPS) is 9.50. The topological polar surface area (TPSA) is 59.1 Å². The Hall–Kier alpha value is -1.71. The summed E-state index contributed by atoms with van der Waals surface area (Å²) in [6.07, 6.45) is 1.97. The summed E-state index contributed by atoms with van der Waals surface area (Å²) >= 11 is 0. The van der Waals surface area contributed by atoms with Crippen molar-refractivity contribution in [2.45, 2.75) is 13.3 Å². The van der Waals surface area contributed by atoms with E-state index in [2.05, 4.69) is 10.3 Å². The van der Waals surface area contributed by atoms with E-state index in [0.29, 0.717) is 12.1 Å². The molecule has 0 bridgehead atoms. The highest BCUT2D eigenvalue weighted by molar-refractivity contribution is 5.95. The Morgan fingerprint density at radius 3 is 2.79 bits per heavy atom. The van der Waals surface area contributed by atoms with Crippen LogP contribution in [0.5, 0.6) is 0 Å². The Labute approximate surface area is 82.3 Å². The molecule has 0 saturated heterocycles. The molecule has 0 radical (unpaired) electrons. The highest BCUT2D eigenvalue weighted by Gasteiger charge is 2.06. The van der Waals surface area contributed by atoms with E-state index in [0.717, 1.165) is 0 Å². The van der Waals surface area contributed by atoms with E-state index in [1.165, 1.54) is 6.20 Å². The first-order chi connectivity index (χ1) is 6.74. The molecule has 0 aliphatic heterocycles. The number of carbonyl (C=O) groups is 2. The Bertz CT molecular complexity index is 322. The van der Waals surface area contributed by atoms with Crippen LogP contribution >= 0.6 is 0 Å². The molecule has 0 unspecified atom stereocenters. The van der Waals surface area contributed by atoms with E-state index in [4.69, 9.17) is 0 Å². The van der Waals surface area contributed by atoms with Gasteiger partial charge in [0.1, 0.15) is 5.69 Å². The summed E-state index contributed by atoms with van der Waals surface area (Å²) in [6.45, 7) is 1.83.